The van der Waals surface area contributed by atoms with Gasteiger partial charge in [-0.3, -0.25) is 0 Å². The summed E-state index contributed by atoms with van der Waals surface area (Å²) in [5.41, 5.74) is 2.96. The van der Waals surface area contributed by atoms with Crippen LogP contribution in [-0.2, 0) is 6.54 Å². The Morgan fingerprint density at radius 3 is 2.83 bits per heavy atom. The second-order valence-electron chi connectivity index (χ2n) is 4.01. The molecule has 2 rings (SSSR count). The van der Waals surface area contributed by atoms with Crippen LogP contribution < -0.4 is 10.1 Å². The van der Waals surface area contributed by atoms with E-state index in [1.807, 2.05) is 43.3 Å². The molecular weight excluding hydrogens is 248 g/mol. The third-order valence-corrected chi connectivity index (χ3v) is 2.89. The lowest BCUT2D eigenvalue weighted by Gasteiger charge is -2.09. The molecule has 1 aromatic carbocycles. The summed E-state index contributed by atoms with van der Waals surface area (Å²) in [7, 11) is 1.61. The lowest BCUT2D eigenvalue weighted by atomic mass is 10.2. The van der Waals surface area contributed by atoms with Crippen molar-refractivity contribution in [1.29, 1.82) is 0 Å². The summed E-state index contributed by atoms with van der Waals surface area (Å²) in [5, 5.41) is 3.98. The number of benzene rings is 1. The third-order valence-electron chi connectivity index (χ3n) is 2.57. The standard InChI is InChI=1S/C14H15ClN2O/c1-10-6-7-13(12(15)8-10)16-9-11-4-3-5-14(17-11)18-2/h3-8,16H,9H2,1-2H3. The summed E-state index contributed by atoms with van der Waals surface area (Å²) in [6, 6.07) is 11.6. The molecule has 0 amide bonds. The topological polar surface area (TPSA) is 34.1 Å². The molecule has 0 atom stereocenters. The van der Waals surface area contributed by atoms with Crippen LogP contribution in [0.3, 0.4) is 0 Å². The molecule has 0 unspecified atom stereocenters. The molecule has 1 aromatic heterocycles. The van der Waals surface area contributed by atoms with E-state index >= 15 is 0 Å². The van der Waals surface area contributed by atoms with Crippen LogP contribution in [0.5, 0.6) is 5.88 Å². The van der Waals surface area contributed by atoms with Crippen LogP contribution in [0.4, 0.5) is 5.69 Å². The van der Waals surface area contributed by atoms with Crippen LogP contribution in [0.15, 0.2) is 36.4 Å². The molecule has 94 valence electrons. The Balaban J connectivity index is 2.06. The maximum absolute atomic E-state index is 6.15. The summed E-state index contributed by atoms with van der Waals surface area (Å²) >= 11 is 6.15. The van der Waals surface area contributed by atoms with Crippen molar-refractivity contribution in [2.75, 3.05) is 12.4 Å². The largest absolute Gasteiger partial charge is 0.481 e. The molecule has 4 heteroatoms. The number of hydrogen-bond acceptors (Lipinski definition) is 3. The van der Waals surface area contributed by atoms with Crippen molar-refractivity contribution < 1.29 is 4.74 Å². The first kappa shape index (κ1) is 12.7. The number of halogens is 1. The molecule has 0 aliphatic rings. The van der Waals surface area contributed by atoms with Gasteiger partial charge in [0.25, 0.3) is 0 Å². The van der Waals surface area contributed by atoms with E-state index in [0.717, 1.165) is 22.0 Å². The fraction of sp³-hybridized carbons (Fsp3) is 0.214. The van der Waals surface area contributed by atoms with Gasteiger partial charge in [0.05, 0.1) is 30.1 Å². The number of anilines is 1. The summed E-state index contributed by atoms with van der Waals surface area (Å²) in [6.07, 6.45) is 0. The smallest absolute Gasteiger partial charge is 0.213 e. The summed E-state index contributed by atoms with van der Waals surface area (Å²) < 4.78 is 5.08. The van der Waals surface area contributed by atoms with Gasteiger partial charge in [-0.05, 0) is 30.7 Å². The summed E-state index contributed by atoms with van der Waals surface area (Å²) in [4.78, 5) is 4.33. The average molecular weight is 263 g/mol. The predicted molar refractivity (Wildman–Crippen MR) is 74.3 cm³/mol. The molecule has 1 N–H and O–H groups in total. The van der Waals surface area contributed by atoms with Gasteiger partial charge in [0.1, 0.15) is 0 Å². The Bertz CT molecular complexity index is 543. The minimum absolute atomic E-state index is 0.611. The van der Waals surface area contributed by atoms with Gasteiger partial charge < -0.3 is 10.1 Å². The van der Waals surface area contributed by atoms with E-state index in [2.05, 4.69) is 10.3 Å². The highest BCUT2D eigenvalue weighted by molar-refractivity contribution is 6.33. The zero-order valence-corrected chi connectivity index (χ0v) is 11.2. The van der Waals surface area contributed by atoms with Crippen molar-refractivity contribution >= 4 is 17.3 Å². The number of aromatic nitrogens is 1. The summed E-state index contributed by atoms with van der Waals surface area (Å²) in [6.45, 7) is 2.62. The quantitative estimate of drug-likeness (QED) is 0.913. The highest BCUT2D eigenvalue weighted by atomic mass is 35.5. The van der Waals surface area contributed by atoms with Gasteiger partial charge in [-0.1, -0.05) is 23.7 Å². The van der Waals surface area contributed by atoms with Crippen LogP contribution in [0, 0.1) is 6.92 Å². The van der Waals surface area contributed by atoms with Crippen LogP contribution in [0.1, 0.15) is 11.3 Å². The molecule has 3 nitrogen and oxygen atoms in total. The molecule has 18 heavy (non-hydrogen) atoms. The number of ether oxygens (including phenoxy) is 1. The van der Waals surface area contributed by atoms with E-state index < -0.39 is 0 Å². The van der Waals surface area contributed by atoms with Crippen LogP contribution in [-0.4, -0.2) is 12.1 Å². The molecular formula is C14H15ClN2O. The first-order valence-electron chi connectivity index (χ1n) is 5.69. The summed E-state index contributed by atoms with van der Waals surface area (Å²) in [5.74, 6) is 0.615. The van der Waals surface area contributed by atoms with Gasteiger partial charge >= 0.3 is 0 Å². The van der Waals surface area contributed by atoms with Crippen LogP contribution in [0.2, 0.25) is 5.02 Å². The van der Waals surface area contributed by atoms with Crippen LogP contribution in [0.25, 0.3) is 0 Å². The third kappa shape index (κ3) is 3.14. The number of methoxy groups -OCH3 is 1. The van der Waals surface area contributed by atoms with E-state index in [-0.39, 0.29) is 0 Å². The molecule has 0 aliphatic carbocycles. The van der Waals surface area contributed by atoms with Crippen molar-refractivity contribution in [3.63, 3.8) is 0 Å². The Kier molecular flexibility index (Phi) is 4.05. The fourth-order valence-corrected chi connectivity index (χ4v) is 1.92. The molecule has 0 saturated carbocycles. The van der Waals surface area contributed by atoms with Gasteiger partial charge in [-0.25, -0.2) is 4.98 Å². The van der Waals surface area contributed by atoms with Gasteiger partial charge in [0.15, 0.2) is 0 Å². The molecule has 0 saturated heterocycles. The number of aryl methyl sites for hydroxylation is 1. The molecule has 0 aliphatic heterocycles. The Labute approximate surface area is 112 Å². The number of nitrogens with one attached hydrogen (secondary N) is 1. The monoisotopic (exact) mass is 262 g/mol. The van der Waals surface area contributed by atoms with Gasteiger partial charge in [-0.2, -0.15) is 0 Å². The molecule has 0 bridgehead atoms. The molecule has 1 heterocycles. The fourth-order valence-electron chi connectivity index (χ4n) is 1.62. The van der Waals surface area contributed by atoms with Crippen molar-refractivity contribution in [1.82, 2.24) is 4.98 Å². The first-order chi connectivity index (χ1) is 8.69. The van der Waals surface area contributed by atoms with Crippen molar-refractivity contribution in [2.24, 2.45) is 0 Å². The van der Waals surface area contributed by atoms with Gasteiger partial charge in [0, 0.05) is 6.07 Å². The molecule has 0 spiro atoms. The SMILES string of the molecule is COc1cccc(CNc2ccc(C)cc2Cl)n1. The Morgan fingerprint density at radius 2 is 2.11 bits per heavy atom. The molecule has 0 fully saturated rings. The maximum atomic E-state index is 6.15. The van der Waals surface area contributed by atoms with Crippen molar-refractivity contribution in [2.45, 2.75) is 13.5 Å². The van der Waals surface area contributed by atoms with Gasteiger partial charge in [-0.15, -0.1) is 0 Å². The number of pyridine rings is 1. The lowest BCUT2D eigenvalue weighted by molar-refractivity contribution is 0.396. The predicted octanol–water partition coefficient (Wildman–Crippen LogP) is 3.66. The Morgan fingerprint density at radius 1 is 1.28 bits per heavy atom. The number of rotatable bonds is 4. The number of hydrogen-bond donors (Lipinski definition) is 1. The lowest BCUT2D eigenvalue weighted by Crippen LogP contribution is -2.02. The van der Waals surface area contributed by atoms with E-state index in [4.69, 9.17) is 16.3 Å². The Hall–Kier alpha value is -1.74. The molecule has 2 aromatic rings. The van der Waals surface area contributed by atoms with Crippen LogP contribution >= 0.6 is 11.6 Å². The van der Waals surface area contributed by atoms with E-state index in [1.165, 1.54) is 0 Å². The highest BCUT2D eigenvalue weighted by Gasteiger charge is 2.01. The average Bonchev–Trinajstić information content (AvgIpc) is 2.38. The van der Waals surface area contributed by atoms with E-state index in [1.54, 1.807) is 7.11 Å². The first-order valence-corrected chi connectivity index (χ1v) is 6.07. The maximum Gasteiger partial charge on any atom is 0.213 e. The normalized spacial score (nSPS) is 10.2. The highest BCUT2D eigenvalue weighted by Crippen LogP contribution is 2.23. The minimum Gasteiger partial charge on any atom is -0.481 e. The number of nitrogens with zero attached hydrogens (tertiary/aromatic N) is 1. The zero-order valence-electron chi connectivity index (χ0n) is 10.4. The second kappa shape index (κ2) is 5.74. The van der Waals surface area contributed by atoms with Crippen molar-refractivity contribution in [3.8, 4) is 5.88 Å². The van der Waals surface area contributed by atoms with Gasteiger partial charge in [0.2, 0.25) is 5.88 Å². The van der Waals surface area contributed by atoms with E-state index in [0.29, 0.717) is 12.4 Å². The molecule has 0 radical (unpaired) electrons. The minimum atomic E-state index is 0.611. The second-order valence-corrected chi connectivity index (χ2v) is 4.42. The zero-order chi connectivity index (χ0) is 13.0. The van der Waals surface area contributed by atoms with Crippen molar-refractivity contribution in [3.05, 3.63) is 52.7 Å². The van der Waals surface area contributed by atoms with E-state index in [9.17, 15) is 0 Å².